The van der Waals surface area contributed by atoms with E-state index in [0.717, 1.165) is 0 Å². The molecule has 0 radical (unpaired) electrons. The average molecular weight is 257 g/mol. The van der Waals surface area contributed by atoms with Crippen LogP contribution < -0.4 is 0 Å². The molecular formula is C19H15N. The summed E-state index contributed by atoms with van der Waals surface area (Å²) in [7, 11) is 0. The Bertz CT molecular complexity index is 863. The van der Waals surface area contributed by atoms with Crippen LogP contribution in [0.3, 0.4) is 0 Å². The van der Waals surface area contributed by atoms with E-state index in [1.54, 1.807) is 0 Å². The summed E-state index contributed by atoms with van der Waals surface area (Å²) in [4.78, 5) is 3.53. The third-order valence-corrected chi connectivity index (χ3v) is 3.82. The Hall–Kier alpha value is -2.54. The number of aromatic amines is 1. The maximum atomic E-state index is 3.53. The molecule has 1 nitrogen and oxygen atoms in total. The summed E-state index contributed by atoms with van der Waals surface area (Å²) < 4.78 is 0. The van der Waals surface area contributed by atoms with E-state index in [2.05, 4.69) is 78.6 Å². The van der Waals surface area contributed by atoms with Crippen LogP contribution in [0.2, 0.25) is 0 Å². The van der Waals surface area contributed by atoms with Crippen LogP contribution in [0.1, 0.15) is 5.56 Å². The average Bonchev–Trinajstić information content (AvgIpc) is 2.87. The minimum Gasteiger partial charge on any atom is -0.355 e. The zero-order chi connectivity index (χ0) is 13.5. The standard InChI is InChI=1S/C19H15N/c1-13-5-4-8-16(9-13)18-12-17-10-14-6-2-3-7-15(14)11-19(17)20-18/h2-12,20H,1H3. The summed E-state index contributed by atoms with van der Waals surface area (Å²) in [5, 5.41) is 3.83. The van der Waals surface area contributed by atoms with Crippen molar-refractivity contribution >= 4 is 21.7 Å². The van der Waals surface area contributed by atoms with Crippen LogP contribution in [0.5, 0.6) is 0 Å². The van der Waals surface area contributed by atoms with Crippen LogP contribution in [-0.2, 0) is 0 Å². The minimum atomic E-state index is 1.18. The lowest BCUT2D eigenvalue weighted by atomic mass is 10.1. The third kappa shape index (κ3) is 1.79. The second-order valence-corrected chi connectivity index (χ2v) is 5.34. The number of benzene rings is 3. The lowest BCUT2D eigenvalue weighted by Gasteiger charge is -1.98. The highest BCUT2D eigenvalue weighted by molar-refractivity contribution is 5.98. The van der Waals surface area contributed by atoms with Gasteiger partial charge in [-0.25, -0.2) is 0 Å². The molecular weight excluding hydrogens is 242 g/mol. The van der Waals surface area contributed by atoms with Crippen LogP contribution in [0.4, 0.5) is 0 Å². The Kier molecular flexibility index (Phi) is 2.40. The molecule has 4 rings (SSSR count). The Morgan fingerprint density at radius 3 is 2.30 bits per heavy atom. The molecule has 3 aromatic carbocycles. The molecule has 1 heteroatoms. The quantitative estimate of drug-likeness (QED) is 0.476. The number of hydrogen-bond donors (Lipinski definition) is 1. The largest absolute Gasteiger partial charge is 0.355 e. The smallest absolute Gasteiger partial charge is 0.0465 e. The summed E-state index contributed by atoms with van der Waals surface area (Å²) in [5.41, 5.74) is 4.90. The molecule has 0 unspecified atom stereocenters. The number of nitrogens with one attached hydrogen (secondary N) is 1. The molecule has 0 aliphatic heterocycles. The lowest BCUT2D eigenvalue weighted by Crippen LogP contribution is -1.78. The zero-order valence-electron chi connectivity index (χ0n) is 11.4. The summed E-state index contributed by atoms with van der Waals surface area (Å²) in [6.45, 7) is 2.13. The molecule has 1 aromatic heterocycles. The van der Waals surface area contributed by atoms with Gasteiger partial charge in [-0.05, 0) is 47.5 Å². The van der Waals surface area contributed by atoms with E-state index in [0.29, 0.717) is 0 Å². The van der Waals surface area contributed by atoms with Crippen molar-refractivity contribution in [2.24, 2.45) is 0 Å². The zero-order valence-corrected chi connectivity index (χ0v) is 11.4. The number of aromatic nitrogens is 1. The van der Waals surface area contributed by atoms with E-state index in [-0.39, 0.29) is 0 Å². The van der Waals surface area contributed by atoms with Crippen LogP contribution in [0.25, 0.3) is 32.9 Å². The van der Waals surface area contributed by atoms with Gasteiger partial charge in [-0.15, -0.1) is 0 Å². The van der Waals surface area contributed by atoms with Crippen molar-refractivity contribution in [3.8, 4) is 11.3 Å². The van der Waals surface area contributed by atoms with Gasteiger partial charge in [-0.1, -0.05) is 48.0 Å². The second-order valence-electron chi connectivity index (χ2n) is 5.34. The Morgan fingerprint density at radius 1 is 0.700 bits per heavy atom. The number of hydrogen-bond acceptors (Lipinski definition) is 0. The summed E-state index contributed by atoms with van der Waals surface area (Å²) >= 11 is 0. The van der Waals surface area contributed by atoms with Crippen LogP contribution in [0, 0.1) is 6.92 Å². The molecule has 0 bridgehead atoms. The topological polar surface area (TPSA) is 15.8 Å². The minimum absolute atomic E-state index is 1.18. The van der Waals surface area contributed by atoms with Gasteiger partial charge in [0.1, 0.15) is 0 Å². The van der Waals surface area contributed by atoms with Gasteiger partial charge in [-0.2, -0.15) is 0 Å². The van der Waals surface area contributed by atoms with Gasteiger partial charge in [0, 0.05) is 16.6 Å². The van der Waals surface area contributed by atoms with E-state index in [1.165, 1.54) is 38.5 Å². The molecule has 0 aliphatic carbocycles. The summed E-state index contributed by atoms with van der Waals surface area (Å²) in [6, 6.07) is 23.8. The van der Waals surface area contributed by atoms with Crippen LogP contribution >= 0.6 is 0 Å². The van der Waals surface area contributed by atoms with Crippen LogP contribution in [0.15, 0.2) is 66.7 Å². The molecule has 0 fully saturated rings. The number of rotatable bonds is 1. The van der Waals surface area contributed by atoms with E-state index < -0.39 is 0 Å². The monoisotopic (exact) mass is 257 g/mol. The molecule has 1 heterocycles. The SMILES string of the molecule is Cc1cccc(-c2cc3cc4ccccc4cc3[nH]2)c1. The molecule has 0 saturated heterocycles. The first-order valence-electron chi connectivity index (χ1n) is 6.88. The van der Waals surface area contributed by atoms with E-state index >= 15 is 0 Å². The molecule has 96 valence electrons. The van der Waals surface area contributed by atoms with Gasteiger partial charge >= 0.3 is 0 Å². The molecule has 1 N–H and O–H groups in total. The van der Waals surface area contributed by atoms with Crippen molar-refractivity contribution in [2.45, 2.75) is 6.92 Å². The molecule has 0 atom stereocenters. The highest BCUT2D eigenvalue weighted by atomic mass is 14.7. The fraction of sp³-hybridized carbons (Fsp3) is 0.0526. The van der Waals surface area contributed by atoms with Crippen molar-refractivity contribution in [3.05, 3.63) is 72.3 Å². The normalized spacial score (nSPS) is 11.2. The van der Waals surface area contributed by atoms with Gasteiger partial charge < -0.3 is 4.98 Å². The van der Waals surface area contributed by atoms with Gasteiger partial charge in [0.05, 0.1) is 0 Å². The maximum Gasteiger partial charge on any atom is 0.0465 e. The highest BCUT2D eigenvalue weighted by Crippen LogP contribution is 2.28. The first-order chi connectivity index (χ1) is 9.79. The van der Waals surface area contributed by atoms with E-state index in [9.17, 15) is 0 Å². The first kappa shape index (κ1) is 11.3. The predicted molar refractivity (Wildman–Crippen MR) is 86.0 cm³/mol. The molecule has 0 amide bonds. The van der Waals surface area contributed by atoms with Crippen LogP contribution in [-0.4, -0.2) is 4.98 Å². The van der Waals surface area contributed by atoms with Crippen molar-refractivity contribution in [1.29, 1.82) is 0 Å². The first-order valence-corrected chi connectivity index (χ1v) is 6.88. The highest BCUT2D eigenvalue weighted by Gasteiger charge is 2.04. The van der Waals surface area contributed by atoms with E-state index in [1.807, 2.05) is 0 Å². The van der Waals surface area contributed by atoms with E-state index in [4.69, 9.17) is 0 Å². The summed E-state index contributed by atoms with van der Waals surface area (Å²) in [5.74, 6) is 0. The fourth-order valence-corrected chi connectivity index (χ4v) is 2.79. The second kappa shape index (κ2) is 4.24. The van der Waals surface area contributed by atoms with Crippen molar-refractivity contribution < 1.29 is 0 Å². The van der Waals surface area contributed by atoms with Crippen molar-refractivity contribution in [2.75, 3.05) is 0 Å². The van der Waals surface area contributed by atoms with Crippen molar-refractivity contribution in [1.82, 2.24) is 4.98 Å². The van der Waals surface area contributed by atoms with Gasteiger partial charge in [0.25, 0.3) is 0 Å². The number of H-pyrrole nitrogens is 1. The maximum absolute atomic E-state index is 3.53. The summed E-state index contributed by atoms with van der Waals surface area (Å²) in [6.07, 6.45) is 0. The van der Waals surface area contributed by atoms with Crippen molar-refractivity contribution in [3.63, 3.8) is 0 Å². The molecule has 0 spiro atoms. The molecule has 0 saturated carbocycles. The Labute approximate surface area is 117 Å². The molecule has 4 aromatic rings. The fourth-order valence-electron chi connectivity index (χ4n) is 2.79. The number of aryl methyl sites for hydroxylation is 1. The predicted octanol–water partition coefficient (Wildman–Crippen LogP) is 5.30. The Balaban J connectivity index is 1.96. The number of fused-ring (bicyclic) bond motifs is 2. The lowest BCUT2D eigenvalue weighted by molar-refractivity contribution is 1.42. The Morgan fingerprint density at radius 2 is 1.50 bits per heavy atom. The van der Waals surface area contributed by atoms with Gasteiger partial charge in [0.2, 0.25) is 0 Å². The van der Waals surface area contributed by atoms with Gasteiger partial charge in [-0.3, -0.25) is 0 Å². The third-order valence-electron chi connectivity index (χ3n) is 3.82. The van der Waals surface area contributed by atoms with Gasteiger partial charge in [0.15, 0.2) is 0 Å². The molecule has 0 aliphatic rings. The molecule has 20 heavy (non-hydrogen) atoms.